The van der Waals surface area contributed by atoms with E-state index in [-0.39, 0.29) is 5.91 Å². The number of rotatable bonds is 3. The number of carbonyl (C=O) groups is 1. The molecule has 1 saturated carbocycles. The van der Waals surface area contributed by atoms with E-state index in [0.29, 0.717) is 27.5 Å². The van der Waals surface area contributed by atoms with Crippen LogP contribution in [-0.2, 0) is 7.05 Å². The van der Waals surface area contributed by atoms with Crippen LogP contribution >= 0.6 is 34.5 Å². The second-order valence-corrected chi connectivity index (χ2v) is 8.06. The predicted molar refractivity (Wildman–Crippen MR) is 105 cm³/mol. The summed E-state index contributed by atoms with van der Waals surface area (Å²) < 4.78 is 1.86. The van der Waals surface area contributed by atoms with Crippen LogP contribution < -0.4 is 10.1 Å². The highest BCUT2D eigenvalue weighted by molar-refractivity contribution is 7.07. The van der Waals surface area contributed by atoms with Gasteiger partial charge < -0.3 is 9.88 Å². The Morgan fingerprint density at radius 1 is 1.16 bits per heavy atom. The van der Waals surface area contributed by atoms with Gasteiger partial charge in [-0.1, -0.05) is 48.9 Å². The van der Waals surface area contributed by atoms with E-state index in [1.807, 2.05) is 17.0 Å². The number of amides is 1. The van der Waals surface area contributed by atoms with Crippen LogP contribution in [0.4, 0.5) is 5.69 Å². The third kappa shape index (κ3) is 4.87. The maximum Gasteiger partial charge on any atom is 0.273 e. The van der Waals surface area contributed by atoms with Crippen LogP contribution in [0.5, 0.6) is 0 Å². The molecule has 1 fully saturated rings. The van der Waals surface area contributed by atoms with E-state index in [4.69, 9.17) is 28.2 Å². The van der Waals surface area contributed by atoms with Gasteiger partial charge in [0.2, 0.25) is 0 Å². The van der Waals surface area contributed by atoms with E-state index in [2.05, 4.69) is 5.32 Å². The van der Waals surface area contributed by atoms with Gasteiger partial charge in [-0.05, 0) is 31.0 Å². The second-order valence-electron chi connectivity index (χ2n) is 6.35. The number of nitrogens with one attached hydrogen (secondary N) is 1. The van der Waals surface area contributed by atoms with Crippen LogP contribution in [-0.4, -0.2) is 16.5 Å². The Labute approximate surface area is 161 Å². The van der Waals surface area contributed by atoms with Gasteiger partial charge in [-0.15, -0.1) is 11.3 Å². The van der Waals surface area contributed by atoms with Gasteiger partial charge in [0.1, 0.15) is 5.69 Å². The van der Waals surface area contributed by atoms with Gasteiger partial charge >= 0.3 is 0 Å². The summed E-state index contributed by atoms with van der Waals surface area (Å²) in [5, 5.41) is 5.66. The molecule has 134 valence electrons. The lowest BCUT2D eigenvalue weighted by molar-refractivity contribution is 0.101. The highest BCUT2D eigenvalue weighted by Crippen LogP contribution is 2.23. The van der Waals surface area contributed by atoms with Crippen molar-refractivity contribution in [1.29, 1.82) is 0 Å². The fourth-order valence-electron chi connectivity index (χ4n) is 3.06. The Balaban J connectivity index is 1.78. The van der Waals surface area contributed by atoms with Crippen molar-refractivity contribution < 1.29 is 4.79 Å². The van der Waals surface area contributed by atoms with E-state index in [1.165, 1.54) is 37.0 Å². The summed E-state index contributed by atoms with van der Waals surface area (Å²) in [6.45, 7) is 0. The maximum atomic E-state index is 12.6. The van der Waals surface area contributed by atoms with E-state index in [1.54, 1.807) is 18.2 Å². The van der Waals surface area contributed by atoms with Crippen LogP contribution in [0.25, 0.3) is 0 Å². The highest BCUT2D eigenvalue weighted by Gasteiger charge is 2.15. The first-order valence-corrected chi connectivity index (χ1v) is 10.1. The zero-order valence-electron chi connectivity index (χ0n) is 14.1. The smallest absolute Gasteiger partial charge is 0.273 e. The van der Waals surface area contributed by atoms with Crippen molar-refractivity contribution in [3.05, 3.63) is 44.1 Å². The highest BCUT2D eigenvalue weighted by atomic mass is 35.5. The first kappa shape index (κ1) is 18.5. The van der Waals surface area contributed by atoms with Crippen molar-refractivity contribution in [2.24, 2.45) is 12.0 Å². The molecular weight excluding hydrogens is 377 g/mol. The molecule has 1 N–H and O–H groups in total. The molecule has 0 saturated heterocycles. The Bertz CT molecular complexity index is 800. The molecule has 0 radical (unpaired) electrons. The molecule has 0 unspecified atom stereocenters. The lowest BCUT2D eigenvalue weighted by atomic mass is 10.1. The molecule has 25 heavy (non-hydrogen) atoms. The largest absolute Gasteiger partial charge is 0.321 e. The molecule has 0 bridgehead atoms. The van der Waals surface area contributed by atoms with E-state index >= 15 is 0 Å². The molecule has 1 aliphatic rings. The van der Waals surface area contributed by atoms with Crippen molar-refractivity contribution in [3.63, 3.8) is 0 Å². The first-order chi connectivity index (χ1) is 12.0. The Morgan fingerprint density at radius 2 is 1.80 bits per heavy atom. The number of thiazole rings is 1. The van der Waals surface area contributed by atoms with Crippen molar-refractivity contribution in [1.82, 2.24) is 4.57 Å². The van der Waals surface area contributed by atoms with Crippen LogP contribution in [0, 0.1) is 0 Å². The normalized spacial score (nSPS) is 16.7. The number of anilines is 1. The van der Waals surface area contributed by atoms with Gasteiger partial charge in [-0.2, -0.15) is 0 Å². The average Bonchev–Trinajstić information content (AvgIpc) is 2.74. The van der Waals surface area contributed by atoms with Gasteiger partial charge in [0.15, 0.2) is 4.80 Å². The Kier molecular flexibility index (Phi) is 6.20. The Morgan fingerprint density at radius 3 is 2.44 bits per heavy atom. The van der Waals surface area contributed by atoms with Crippen molar-refractivity contribution in [3.8, 4) is 0 Å². The summed E-state index contributed by atoms with van der Waals surface area (Å²) in [7, 11) is 1.88. The summed E-state index contributed by atoms with van der Waals surface area (Å²) in [5.41, 5.74) is 1.16. The number of nitrogens with zero attached hydrogens (tertiary/aromatic N) is 2. The monoisotopic (exact) mass is 397 g/mol. The molecule has 1 aromatic carbocycles. The van der Waals surface area contributed by atoms with Gasteiger partial charge in [-0.25, -0.2) is 0 Å². The fourth-order valence-corrected chi connectivity index (χ4v) is 4.53. The molecule has 7 heteroatoms. The lowest BCUT2D eigenvalue weighted by Gasteiger charge is -2.08. The number of carbonyl (C=O) groups excluding carboxylic acids is 1. The molecule has 1 amide bonds. The topological polar surface area (TPSA) is 46.4 Å². The van der Waals surface area contributed by atoms with Crippen molar-refractivity contribution in [2.45, 2.75) is 44.6 Å². The molecule has 3 rings (SSSR count). The molecule has 2 aromatic rings. The number of hydrogen-bond acceptors (Lipinski definition) is 3. The Hall–Kier alpha value is -1.30. The number of aromatic nitrogens is 1. The first-order valence-electron chi connectivity index (χ1n) is 8.49. The lowest BCUT2D eigenvalue weighted by Crippen LogP contribution is -2.22. The van der Waals surface area contributed by atoms with Crippen molar-refractivity contribution >= 4 is 46.1 Å². The van der Waals surface area contributed by atoms with E-state index in [0.717, 1.165) is 17.6 Å². The van der Waals surface area contributed by atoms with Crippen LogP contribution in [0.15, 0.2) is 28.6 Å². The van der Waals surface area contributed by atoms with Crippen LogP contribution in [0.3, 0.4) is 0 Å². The van der Waals surface area contributed by atoms with Crippen LogP contribution in [0.2, 0.25) is 10.0 Å². The fraction of sp³-hybridized carbons (Fsp3) is 0.444. The van der Waals surface area contributed by atoms with Gasteiger partial charge in [0.25, 0.3) is 5.91 Å². The minimum atomic E-state index is -0.195. The molecule has 0 atom stereocenters. The zero-order chi connectivity index (χ0) is 17.8. The minimum Gasteiger partial charge on any atom is -0.321 e. The molecule has 1 heterocycles. The average molecular weight is 398 g/mol. The van der Waals surface area contributed by atoms with Gasteiger partial charge in [0, 0.05) is 28.2 Å². The number of halogens is 2. The second kappa shape index (κ2) is 8.39. The number of benzene rings is 1. The third-order valence-electron chi connectivity index (χ3n) is 4.40. The van der Waals surface area contributed by atoms with Gasteiger partial charge in [0.05, 0.1) is 6.04 Å². The third-order valence-corrected chi connectivity index (χ3v) is 5.76. The molecular formula is C18H21Cl2N3OS. The molecule has 1 aromatic heterocycles. The molecule has 1 aliphatic carbocycles. The molecule has 4 nitrogen and oxygen atoms in total. The predicted octanol–water partition coefficient (Wildman–Crippen LogP) is 5.27. The van der Waals surface area contributed by atoms with Crippen LogP contribution in [0.1, 0.15) is 49.0 Å². The standard InChI is InChI=1S/C18H21Cl2N3OS/c1-23-16(17(24)21-15-9-12(19)8-13(20)10-15)11-25-18(23)22-14-6-4-2-3-5-7-14/h8-11,14H,2-7H2,1H3,(H,21,24). The minimum absolute atomic E-state index is 0.195. The van der Waals surface area contributed by atoms with Crippen molar-refractivity contribution in [2.75, 3.05) is 5.32 Å². The number of hydrogen-bond donors (Lipinski definition) is 1. The summed E-state index contributed by atoms with van der Waals surface area (Å²) >= 11 is 13.5. The van der Waals surface area contributed by atoms with Gasteiger partial charge in [-0.3, -0.25) is 9.79 Å². The summed E-state index contributed by atoms with van der Waals surface area (Å²) in [6.07, 6.45) is 7.37. The van der Waals surface area contributed by atoms with E-state index in [9.17, 15) is 4.79 Å². The molecule has 0 spiro atoms. The zero-order valence-corrected chi connectivity index (χ0v) is 16.4. The molecule has 0 aliphatic heterocycles. The summed E-state index contributed by atoms with van der Waals surface area (Å²) in [6, 6.07) is 5.35. The summed E-state index contributed by atoms with van der Waals surface area (Å²) in [4.78, 5) is 18.3. The summed E-state index contributed by atoms with van der Waals surface area (Å²) in [5.74, 6) is -0.195. The maximum absolute atomic E-state index is 12.6. The quantitative estimate of drug-likeness (QED) is 0.704. The van der Waals surface area contributed by atoms with E-state index < -0.39 is 0 Å². The SMILES string of the molecule is Cn1c(C(=O)Nc2cc(Cl)cc(Cl)c2)csc1=NC1CCCCCC1.